The van der Waals surface area contributed by atoms with Crippen molar-refractivity contribution in [2.24, 2.45) is 0 Å². The second-order valence-electron chi connectivity index (χ2n) is 6.55. The van der Waals surface area contributed by atoms with E-state index in [0.717, 1.165) is 0 Å². The van der Waals surface area contributed by atoms with Crippen molar-refractivity contribution >= 4 is 23.2 Å². The lowest BCUT2D eigenvalue weighted by atomic mass is 10.1. The molecule has 0 saturated carbocycles. The minimum absolute atomic E-state index is 0.263. The molecular weight excluding hydrogens is 410 g/mol. The lowest BCUT2D eigenvalue weighted by molar-refractivity contribution is -0.118. The second-order valence-corrected chi connectivity index (χ2v) is 6.55. The molecule has 32 heavy (non-hydrogen) atoms. The molecular formula is C24H21N3O5. The van der Waals surface area contributed by atoms with Crippen LogP contribution in [0.2, 0.25) is 0 Å². The van der Waals surface area contributed by atoms with Crippen LogP contribution in [0.1, 0.15) is 15.9 Å². The van der Waals surface area contributed by atoms with Crippen LogP contribution in [0.15, 0.2) is 66.7 Å². The standard InChI is InChI=1S/C24H21N3O5/c1-30-20-9-4-3-8-19(20)27-23(28)15-32-21-11-10-17(13-22(21)31-2)24(29)26-18-7-5-6-16(12-18)14-25/h3-13H,15H2,1-2H3,(H,26,29)(H,27,28). The number of nitrogens with zero attached hydrogens (tertiary/aromatic N) is 1. The molecule has 2 N–H and O–H groups in total. The van der Waals surface area contributed by atoms with E-state index in [1.54, 1.807) is 60.7 Å². The van der Waals surface area contributed by atoms with E-state index in [9.17, 15) is 9.59 Å². The smallest absolute Gasteiger partial charge is 0.262 e. The highest BCUT2D eigenvalue weighted by Gasteiger charge is 2.14. The van der Waals surface area contributed by atoms with Gasteiger partial charge in [0.05, 0.1) is 31.5 Å². The molecule has 0 heterocycles. The minimum atomic E-state index is -0.379. The van der Waals surface area contributed by atoms with Crippen LogP contribution < -0.4 is 24.8 Å². The average molecular weight is 431 g/mol. The monoisotopic (exact) mass is 431 g/mol. The highest BCUT2D eigenvalue weighted by Crippen LogP contribution is 2.29. The first-order valence-corrected chi connectivity index (χ1v) is 9.59. The Balaban J connectivity index is 1.65. The Morgan fingerprint density at radius 3 is 2.41 bits per heavy atom. The fourth-order valence-corrected chi connectivity index (χ4v) is 2.88. The van der Waals surface area contributed by atoms with Crippen LogP contribution in [0.25, 0.3) is 0 Å². The SMILES string of the molecule is COc1ccccc1NC(=O)COc1ccc(C(=O)Nc2cccc(C#N)c2)cc1OC. The third kappa shape index (κ3) is 5.55. The normalized spacial score (nSPS) is 9.91. The zero-order valence-corrected chi connectivity index (χ0v) is 17.5. The van der Waals surface area contributed by atoms with E-state index < -0.39 is 0 Å². The number of methoxy groups -OCH3 is 2. The van der Waals surface area contributed by atoms with Gasteiger partial charge in [-0.15, -0.1) is 0 Å². The molecule has 0 bridgehead atoms. The molecule has 0 radical (unpaired) electrons. The van der Waals surface area contributed by atoms with Crippen LogP contribution in [-0.2, 0) is 4.79 Å². The molecule has 0 spiro atoms. The third-order valence-corrected chi connectivity index (χ3v) is 4.42. The van der Waals surface area contributed by atoms with Crippen LogP contribution in [-0.4, -0.2) is 32.6 Å². The summed E-state index contributed by atoms with van der Waals surface area (Å²) < 4.78 is 16.1. The molecule has 3 rings (SSSR count). The molecule has 0 atom stereocenters. The van der Waals surface area contributed by atoms with Crippen LogP contribution in [0.3, 0.4) is 0 Å². The molecule has 0 aliphatic rings. The predicted molar refractivity (Wildman–Crippen MR) is 119 cm³/mol. The van der Waals surface area contributed by atoms with Crippen LogP contribution in [0, 0.1) is 11.3 Å². The van der Waals surface area contributed by atoms with Crippen molar-refractivity contribution in [3.8, 4) is 23.3 Å². The summed E-state index contributed by atoms with van der Waals surface area (Å²) in [6, 6.07) is 20.3. The number of rotatable bonds is 8. The van der Waals surface area contributed by atoms with Gasteiger partial charge < -0.3 is 24.8 Å². The fraction of sp³-hybridized carbons (Fsp3) is 0.125. The number of amides is 2. The van der Waals surface area contributed by atoms with E-state index in [0.29, 0.717) is 39.8 Å². The second kappa shape index (κ2) is 10.5. The van der Waals surface area contributed by atoms with Gasteiger partial charge in [-0.1, -0.05) is 18.2 Å². The summed E-state index contributed by atoms with van der Waals surface area (Å²) >= 11 is 0. The number of nitrogens with one attached hydrogen (secondary N) is 2. The summed E-state index contributed by atoms with van der Waals surface area (Å²) in [5, 5.41) is 14.4. The van der Waals surface area contributed by atoms with Crippen molar-refractivity contribution in [3.05, 3.63) is 77.9 Å². The van der Waals surface area contributed by atoms with Gasteiger partial charge in [-0.3, -0.25) is 9.59 Å². The fourth-order valence-electron chi connectivity index (χ4n) is 2.88. The Morgan fingerprint density at radius 1 is 0.875 bits per heavy atom. The topological polar surface area (TPSA) is 110 Å². The van der Waals surface area contributed by atoms with Gasteiger partial charge in [0.15, 0.2) is 18.1 Å². The van der Waals surface area contributed by atoms with Gasteiger partial charge in [-0.25, -0.2) is 0 Å². The van der Waals surface area contributed by atoms with Crippen molar-refractivity contribution < 1.29 is 23.8 Å². The lowest BCUT2D eigenvalue weighted by Crippen LogP contribution is -2.20. The lowest BCUT2D eigenvalue weighted by Gasteiger charge is -2.13. The van der Waals surface area contributed by atoms with Gasteiger partial charge in [0, 0.05) is 11.3 Å². The zero-order chi connectivity index (χ0) is 22.9. The van der Waals surface area contributed by atoms with Crippen LogP contribution >= 0.6 is 0 Å². The number of hydrogen-bond acceptors (Lipinski definition) is 6. The summed E-state index contributed by atoms with van der Waals surface area (Å²) in [5.74, 6) is 0.392. The zero-order valence-electron chi connectivity index (χ0n) is 17.5. The van der Waals surface area contributed by atoms with Crippen LogP contribution in [0.5, 0.6) is 17.2 Å². The molecule has 8 heteroatoms. The number of nitriles is 1. The summed E-state index contributed by atoms with van der Waals surface area (Å²) in [6.45, 7) is -0.263. The number of carbonyl (C=O) groups is 2. The van der Waals surface area contributed by atoms with Gasteiger partial charge in [0.1, 0.15) is 5.75 Å². The molecule has 3 aromatic carbocycles. The molecule has 0 saturated heterocycles. The van der Waals surface area contributed by atoms with E-state index in [2.05, 4.69) is 10.6 Å². The molecule has 8 nitrogen and oxygen atoms in total. The maximum Gasteiger partial charge on any atom is 0.262 e. The Morgan fingerprint density at radius 2 is 1.66 bits per heavy atom. The Kier molecular flexibility index (Phi) is 7.28. The molecule has 0 fully saturated rings. The van der Waals surface area contributed by atoms with E-state index in [1.165, 1.54) is 20.3 Å². The summed E-state index contributed by atoms with van der Waals surface area (Å²) in [5.41, 5.74) is 1.80. The Hall–Kier alpha value is -4.51. The quantitative estimate of drug-likeness (QED) is 0.561. The molecule has 0 aliphatic carbocycles. The molecule has 0 unspecified atom stereocenters. The van der Waals surface area contributed by atoms with E-state index in [1.807, 2.05) is 6.07 Å². The number of anilines is 2. The molecule has 0 aliphatic heterocycles. The summed E-state index contributed by atoms with van der Waals surface area (Å²) in [4.78, 5) is 24.8. The van der Waals surface area contributed by atoms with Crippen LogP contribution in [0.4, 0.5) is 11.4 Å². The van der Waals surface area contributed by atoms with Gasteiger partial charge in [0.2, 0.25) is 0 Å². The first-order chi connectivity index (χ1) is 15.5. The number of ether oxygens (including phenoxy) is 3. The molecule has 0 aromatic heterocycles. The summed E-state index contributed by atoms with van der Waals surface area (Å²) in [6.07, 6.45) is 0. The van der Waals surface area contributed by atoms with Crippen molar-refractivity contribution in [1.29, 1.82) is 5.26 Å². The number of para-hydroxylation sites is 2. The number of benzene rings is 3. The highest BCUT2D eigenvalue weighted by atomic mass is 16.5. The van der Waals surface area contributed by atoms with E-state index in [-0.39, 0.29) is 18.4 Å². The van der Waals surface area contributed by atoms with Gasteiger partial charge in [-0.2, -0.15) is 5.26 Å². The first kappa shape index (κ1) is 22.2. The van der Waals surface area contributed by atoms with Gasteiger partial charge in [-0.05, 0) is 48.5 Å². The maximum absolute atomic E-state index is 12.6. The maximum atomic E-state index is 12.6. The van der Waals surface area contributed by atoms with Crippen molar-refractivity contribution in [1.82, 2.24) is 0 Å². The van der Waals surface area contributed by atoms with Gasteiger partial charge >= 0.3 is 0 Å². The van der Waals surface area contributed by atoms with Crippen molar-refractivity contribution in [2.75, 3.05) is 31.5 Å². The first-order valence-electron chi connectivity index (χ1n) is 9.59. The van der Waals surface area contributed by atoms with E-state index >= 15 is 0 Å². The van der Waals surface area contributed by atoms with E-state index in [4.69, 9.17) is 19.5 Å². The highest BCUT2D eigenvalue weighted by molar-refractivity contribution is 6.04. The minimum Gasteiger partial charge on any atom is -0.495 e. The third-order valence-electron chi connectivity index (χ3n) is 4.42. The van der Waals surface area contributed by atoms with Crippen molar-refractivity contribution in [2.45, 2.75) is 0 Å². The van der Waals surface area contributed by atoms with Gasteiger partial charge in [0.25, 0.3) is 11.8 Å². The molecule has 162 valence electrons. The number of hydrogen-bond donors (Lipinski definition) is 2. The van der Waals surface area contributed by atoms with Crippen molar-refractivity contribution in [3.63, 3.8) is 0 Å². The Labute approximate surface area is 185 Å². The molecule has 2 amide bonds. The molecule has 3 aromatic rings. The largest absolute Gasteiger partial charge is 0.495 e. The predicted octanol–water partition coefficient (Wildman–Crippen LogP) is 3.85. The average Bonchev–Trinajstić information content (AvgIpc) is 2.83. The Bertz CT molecular complexity index is 1170. The number of carbonyl (C=O) groups excluding carboxylic acids is 2. The summed E-state index contributed by atoms with van der Waals surface area (Å²) in [7, 11) is 2.96.